The van der Waals surface area contributed by atoms with E-state index in [2.05, 4.69) is 77.8 Å². The Balaban J connectivity index is 1.52. The Morgan fingerprint density at radius 2 is 1.36 bits per heavy atom. The third-order valence-corrected chi connectivity index (χ3v) is 6.01. The fraction of sp³-hybridized carbons (Fsp3) is 0.207. The summed E-state index contributed by atoms with van der Waals surface area (Å²) in [4.78, 5) is 4.41. The number of hydrogen-bond donors (Lipinski definition) is 0. The van der Waals surface area contributed by atoms with Gasteiger partial charge in [0.15, 0.2) is 0 Å². The van der Waals surface area contributed by atoms with E-state index in [9.17, 15) is 0 Å². The van der Waals surface area contributed by atoms with E-state index < -0.39 is 5.60 Å². The quantitative estimate of drug-likeness (QED) is 0.327. The van der Waals surface area contributed by atoms with Crippen LogP contribution in [0, 0.1) is 0 Å². The van der Waals surface area contributed by atoms with Crippen molar-refractivity contribution >= 4 is 0 Å². The molecule has 3 aromatic carbocycles. The number of rotatable bonds is 8. The summed E-state index contributed by atoms with van der Waals surface area (Å²) >= 11 is 0. The minimum absolute atomic E-state index is 0.149. The third-order valence-electron chi connectivity index (χ3n) is 6.01. The van der Waals surface area contributed by atoms with Crippen LogP contribution in [0.3, 0.4) is 0 Å². The van der Waals surface area contributed by atoms with Gasteiger partial charge < -0.3 is 14.2 Å². The largest absolute Gasteiger partial charge is 0.493 e. The van der Waals surface area contributed by atoms with E-state index in [0.29, 0.717) is 25.5 Å². The molecule has 0 spiro atoms. The Bertz CT molecular complexity index is 1080. The zero-order valence-corrected chi connectivity index (χ0v) is 18.7. The van der Waals surface area contributed by atoms with Crippen LogP contribution in [0.2, 0.25) is 0 Å². The van der Waals surface area contributed by atoms with Crippen molar-refractivity contribution in [2.24, 2.45) is 0 Å². The predicted molar refractivity (Wildman–Crippen MR) is 129 cm³/mol. The standard InChI is InChI=1S/C29H27NO3/c1-2-31-27-18-19-30-28-26(27)20-25(33-28)21-32-29(22-12-6-3-7-13-22,23-14-8-4-9-15-23)24-16-10-5-11-17-24/h3-19,25H,2,20-21H2,1H3. The maximum absolute atomic E-state index is 6.91. The fourth-order valence-corrected chi connectivity index (χ4v) is 4.54. The van der Waals surface area contributed by atoms with Crippen LogP contribution in [0.5, 0.6) is 11.6 Å². The predicted octanol–water partition coefficient (Wildman–Crippen LogP) is 5.79. The summed E-state index contributed by atoms with van der Waals surface area (Å²) in [7, 11) is 0. The monoisotopic (exact) mass is 437 g/mol. The van der Waals surface area contributed by atoms with Gasteiger partial charge in [-0.05, 0) is 29.7 Å². The van der Waals surface area contributed by atoms with Crippen LogP contribution in [0.1, 0.15) is 29.2 Å². The van der Waals surface area contributed by atoms with Gasteiger partial charge in [-0.3, -0.25) is 0 Å². The first kappa shape index (κ1) is 21.2. The Hall–Kier alpha value is -3.63. The van der Waals surface area contributed by atoms with Crippen LogP contribution in [0.4, 0.5) is 0 Å². The maximum atomic E-state index is 6.91. The van der Waals surface area contributed by atoms with E-state index in [1.807, 2.05) is 31.2 Å². The SMILES string of the molecule is CCOc1ccnc2c1CC(COC(c1ccccc1)(c1ccccc1)c1ccccc1)O2. The summed E-state index contributed by atoms with van der Waals surface area (Å²) in [5.41, 5.74) is 3.47. The molecule has 2 heterocycles. The highest BCUT2D eigenvalue weighted by atomic mass is 16.6. The lowest BCUT2D eigenvalue weighted by molar-refractivity contribution is -0.0258. The normalized spacial score (nSPS) is 15.0. The molecule has 5 rings (SSSR count). The smallest absolute Gasteiger partial charge is 0.220 e. The second-order valence-electron chi connectivity index (χ2n) is 8.06. The molecule has 0 bridgehead atoms. The molecule has 1 aromatic heterocycles. The average molecular weight is 438 g/mol. The lowest BCUT2D eigenvalue weighted by atomic mass is 9.80. The van der Waals surface area contributed by atoms with Gasteiger partial charge in [-0.15, -0.1) is 0 Å². The molecule has 4 aromatic rings. The second-order valence-corrected chi connectivity index (χ2v) is 8.06. The molecule has 4 heteroatoms. The number of ether oxygens (including phenoxy) is 3. The molecule has 4 nitrogen and oxygen atoms in total. The molecule has 0 saturated heterocycles. The minimum atomic E-state index is -0.766. The zero-order valence-electron chi connectivity index (χ0n) is 18.7. The van der Waals surface area contributed by atoms with E-state index in [4.69, 9.17) is 14.2 Å². The van der Waals surface area contributed by atoms with E-state index >= 15 is 0 Å². The number of pyridine rings is 1. The van der Waals surface area contributed by atoms with Crippen LogP contribution in [0.15, 0.2) is 103 Å². The van der Waals surface area contributed by atoms with Crippen molar-refractivity contribution in [2.45, 2.75) is 25.0 Å². The van der Waals surface area contributed by atoms with Crippen LogP contribution in [-0.2, 0) is 16.8 Å². The van der Waals surface area contributed by atoms with Crippen LogP contribution in [-0.4, -0.2) is 24.3 Å². The van der Waals surface area contributed by atoms with Gasteiger partial charge in [-0.2, -0.15) is 0 Å². The third kappa shape index (κ3) is 4.10. The molecule has 0 N–H and O–H groups in total. The van der Waals surface area contributed by atoms with Gasteiger partial charge in [0.25, 0.3) is 0 Å². The molecule has 0 aliphatic carbocycles. The highest BCUT2D eigenvalue weighted by Crippen LogP contribution is 2.41. The van der Waals surface area contributed by atoms with Crippen molar-refractivity contribution in [1.82, 2.24) is 4.98 Å². The van der Waals surface area contributed by atoms with Crippen molar-refractivity contribution in [2.75, 3.05) is 13.2 Å². The first-order valence-electron chi connectivity index (χ1n) is 11.4. The molecule has 33 heavy (non-hydrogen) atoms. The van der Waals surface area contributed by atoms with Gasteiger partial charge in [0.05, 0.1) is 18.8 Å². The van der Waals surface area contributed by atoms with Gasteiger partial charge >= 0.3 is 0 Å². The molecule has 0 radical (unpaired) electrons. The van der Waals surface area contributed by atoms with Crippen molar-refractivity contribution in [3.8, 4) is 11.6 Å². The topological polar surface area (TPSA) is 40.6 Å². The summed E-state index contributed by atoms with van der Waals surface area (Å²) in [5, 5.41) is 0. The van der Waals surface area contributed by atoms with Crippen LogP contribution < -0.4 is 9.47 Å². The molecule has 1 unspecified atom stereocenters. The van der Waals surface area contributed by atoms with Crippen LogP contribution >= 0.6 is 0 Å². The lowest BCUT2D eigenvalue weighted by Gasteiger charge is -2.36. The molecule has 1 atom stereocenters. The summed E-state index contributed by atoms with van der Waals surface area (Å²) in [6, 6.07) is 33.1. The number of benzene rings is 3. The second kappa shape index (κ2) is 9.47. The molecule has 0 amide bonds. The number of fused-ring (bicyclic) bond motifs is 1. The van der Waals surface area contributed by atoms with Crippen molar-refractivity contribution in [3.05, 3.63) is 126 Å². The molecular formula is C29H27NO3. The van der Waals surface area contributed by atoms with E-state index in [-0.39, 0.29) is 6.10 Å². The number of hydrogen-bond acceptors (Lipinski definition) is 4. The summed E-state index contributed by atoms with van der Waals surface area (Å²) in [6.07, 6.45) is 2.28. The first-order valence-corrected chi connectivity index (χ1v) is 11.4. The van der Waals surface area contributed by atoms with Gasteiger partial charge in [-0.25, -0.2) is 4.98 Å². The number of aromatic nitrogens is 1. The van der Waals surface area contributed by atoms with Crippen molar-refractivity contribution in [1.29, 1.82) is 0 Å². The van der Waals surface area contributed by atoms with Crippen molar-refractivity contribution < 1.29 is 14.2 Å². The van der Waals surface area contributed by atoms with Gasteiger partial charge in [0.2, 0.25) is 5.88 Å². The highest BCUT2D eigenvalue weighted by molar-refractivity contribution is 5.48. The van der Waals surface area contributed by atoms with E-state index in [1.165, 1.54) is 0 Å². The van der Waals surface area contributed by atoms with Gasteiger partial charge in [0.1, 0.15) is 17.5 Å². The Kier molecular flexibility index (Phi) is 6.09. The molecular weight excluding hydrogens is 410 g/mol. The Morgan fingerprint density at radius 3 is 1.88 bits per heavy atom. The average Bonchev–Trinajstić information content (AvgIpc) is 3.31. The van der Waals surface area contributed by atoms with E-state index in [1.54, 1.807) is 6.20 Å². The lowest BCUT2D eigenvalue weighted by Crippen LogP contribution is -2.36. The van der Waals surface area contributed by atoms with Crippen molar-refractivity contribution in [3.63, 3.8) is 0 Å². The minimum Gasteiger partial charge on any atom is -0.493 e. The summed E-state index contributed by atoms with van der Waals surface area (Å²) in [5.74, 6) is 1.48. The van der Waals surface area contributed by atoms with Crippen LogP contribution in [0.25, 0.3) is 0 Å². The van der Waals surface area contributed by atoms with Gasteiger partial charge in [-0.1, -0.05) is 91.0 Å². The molecule has 0 saturated carbocycles. The fourth-order valence-electron chi connectivity index (χ4n) is 4.54. The Morgan fingerprint density at radius 1 is 0.818 bits per heavy atom. The molecule has 166 valence electrons. The van der Waals surface area contributed by atoms with E-state index in [0.717, 1.165) is 28.0 Å². The molecule has 0 fully saturated rings. The highest BCUT2D eigenvalue weighted by Gasteiger charge is 2.39. The Labute approximate surface area is 194 Å². The molecule has 1 aliphatic rings. The van der Waals surface area contributed by atoms with Gasteiger partial charge in [0, 0.05) is 12.6 Å². The summed E-state index contributed by atoms with van der Waals surface area (Å²) in [6.45, 7) is 2.99. The number of nitrogens with zero attached hydrogens (tertiary/aromatic N) is 1. The molecule has 1 aliphatic heterocycles. The maximum Gasteiger partial charge on any atom is 0.220 e. The zero-order chi connectivity index (χ0) is 22.5. The first-order chi connectivity index (χ1) is 16.3. The summed E-state index contributed by atoms with van der Waals surface area (Å²) < 4.78 is 18.9.